The molecule has 1 aromatic carbocycles. The summed E-state index contributed by atoms with van der Waals surface area (Å²) >= 11 is 0. The summed E-state index contributed by atoms with van der Waals surface area (Å²) in [7, 11) is 1.29. The van der Waals surface area contributed by atoms with E-state index in [9.17, 15) is 9.59 Å². The van der Waals surface area contributed by atoms with Gasteiger partial charge in [0.25, 0.3) is 0 Å². The fraction of sp³-hybridized carbons (Fsp3) is 0.231. The highest BCUT2D eigenvalue weighted by atomic mass is 16.5. The normalized spacial score (nSPS) is 11.8. The van der Waals surface area contributed by atoms with Gasteiger partial charge in [-0.15, -0.1) is 0 Å². The Morgan fingerprint density at radius 3 is 2.63 bits per heavy atom. The van der Waals surface area contributed by atoms with Gasteiger partial charge in [-0.3, -0.25) is 9.59 Å². The minimum absolute atomic E-state index is 0.0758. The van der Waals surface area contributed by atoms with Crippen LogP contribution in [-0.2, 0) is 9.53 Å². The van der Waals surface area contributed by atoms with Gasteiger partial charge in [0, 0.05) is 5.56 Å². The van der Waals surface area contributed by atoms with Crippen LogP contribution >= 0.6 is 0 Å². The summed E-state index contributed by atoms with van der Waals surface area (Å²) in [4.78, 5) is 27.6. The Bertz CT molecular complexity index is 552. The first kappa shape index (κ1) is 12.9. The maximum absolute atomic E-state index is 12.4. The van der Waals surface area contributed by atoms with E-state index in [1.807, 2.05) is 6.07 Å². The molecule has 2 aromatic rings. The smallest absolute Gasteiger partial charge is 0.308 e. The summed E-state index contributed by atoms with van der Waals surface area (Å²) in [5, 5.41) is 3.93. The first-order valence-electron chi connectivity index (χ1n) is 5.72. The summed E-state index contributed by atoms with van der Waals surface area (Å²) < 4.78 is 5.98. The zero-order chi connectivity index (χ0) is 13.7. The van der Waals surface area contributed by atoms with E-state index in [0.29, 0.717) is 5.56 Å². The predicted molar refractivity (Wildman–Crippen MR) is 66.5 cm³/mol. The second-order valence-corrected chi connectivity index (χ2v) is 3.90. The number of benzene rings is 1. The number of carbonyl (C=O) groups is 2. The Hall–Kier alpha value is -2.50. The average Bonchev–Trinajstić information content (AvgIpc) is 2.98. The number of ether oxygens (including phenoxy) is 1. The molecule has 1 aromatic heterocycles. The van der Waals surface area contributed by atoms with E-state index < -0.39 is 12.0 Å². The van der Waals surface area contributed by atoms with Crippen LogP contribution in [0.1, 0.15) is 22.8 Å². The highest BCUT2D eigenvalue weighted by molar-refractivity contribution is 6.00. The molecule has 0 aliphatic carbocycles. The maximum atomic E-state index is 12.4. The van der Waals surface area contributed by atoms with E-state index in [-0.39, 0.29) is 12.2 Å². The van der Waals surface area contributed by atoms with Gasteiger partial charge in [0.1, 0.15) is 18.7 Å². The monoisotopic (exact) mass is 259 g/mol. The van der Waals surface area contributed by atoms with Gasteiger partial charge in [0.15, 0.2) is 5.78 Å². The zero-order valence-electron chi connectivity index (χ0n) is 10.4. The molecule has 6 heteroatoms. The molecule has 0 fully saturated rings. The Kier molecular flexibility index (Phi) is 4.02. The van der Waals surface area contributed by atoms with Crippen molar-refractivity contribution in [1.82, 2.24) is 14.8 Å². The molecule has 0 N–H and O–H groups in total. The van der Waals surface area contributed by atoms with Crippen molar-refractivity contribution in [3.8, 4) is 0 Å². The van der Waals surface area contributed by atoms with Gasteiger partial charge >= 0.3 is 5.97 Å². The van der Waals surface area contributed by atoms with E-state index in [0.717, 1.165) is 0 Å². The molecule has 1 heterocycles. The number of hydrogen-bond donors (Lipinski definition) is 0. The summed E-state index contributed by atoms with van der Waals surface area (Å²) in [6.45, 7) is 0. The van der Waals surface area contributed by atoms with Crippen molar-refractivity contribution < 1.29 is 14.3 Å². The van der Waals surface area contributed by atoms with Gasteiger partial charge < -0.3 is 4.74 Å². The van der Waals surface area contributed by atoms with Crippen molar-refractivity contribution in [2.45, 2.75) is 12.5 Å². The molecule has 0 spiro atoms. The Morgan fingerprint density at radius 1 is 1.32 bits per heavy atom. The molecule has 6 nitrogen and oxygen atoms in total. The second kappa shape index (κ2) is 5.90. The lowest BCUT2D eigenvalue weighted by Crippen LogP contribution is -2.24. The SMILES string of the molecule is COC(=O)CC(C(=O)c1ccccc1)n1cncn1. The van der Waals surface area contributed by atoms with E-state index in [2.05, 4.69) is 14.8 Å². The molecule has 0 saturated carbocycles. The van der Waals surface area contributed by atoms with Crippen LogP contribution in [0.15, 0.2) is 43.0 Å². The molecular formula is C13H13N3O3. The van der Waals surface area contributed by atoms with E-state index in [4.69, 9.17) is 0 Å². The molecule has 19 heavy (non-hydrogen) atoms. The van der Waals surface area contributed by atoms with Crippen LogP contribution in [0.5, 0.6) is 0 Å². The lowest BCUT2D eigenvalue weighted by atomic mass is 10.0. The number of ketones is 1. The van der Waals surface area contributed by atoms with Gasteiger partial charge in [-0.25, -0.2) is 9.67 Å². The van der Waals surface area contributed by atoms with Crippen LogP contribution in [0.4, 0.5) is 0 Å². The number of carbonyl (C=O) groups excluding carboxylic acids is 2. The highest BCUT2D eigenvalue weighted by Gasteiger charge is 2.25. The Labute approximate surface area is 110 Å². The topological polar surface area (TPSA) is 74.1 Å². The number of nitrogens with zero attached hydrogens (tertiary/aromatic N) is 3. The number of aromatic nitrogens is 3. The molecule has 0 radical (unpaired) electrons. The summed E-state index contributed by atoms with van der Waals surface area (Å²) in [6, 6.07) is 8.01. The zero-order valence-corrected chi connectivity index (χ0v) is 10.4. The largest absolute Gasteiger partial charge is 0.469 e. The van der Waals surface area contributed by atoms with E-state index >= 15 is 0 Å². The summed E-state index contributed by atoms with van der Waals surface area (Å²) in [6.07, 6.45) is 2.66. The lowest BCUT2D eigenvalue weighted by molar-refractivity contribution is -0.141. The Balaban J connectivity index is 2.28. The molecule has 1 atom stereocenters. The Morgan fingerprint density at radius 2 is 2.05 bits per heavy atom. The fourth-order valence-corrected chi connectivity index (χ4v) is 1.72. The van der Waals surface area contributed by atoms with Crippen LogP contribution in [0, 0.1) is 0 Å². The van der Waals surface area contributed by atoms with Crippen LogP contribution in [0.2, 0.25) is 0 Å². The first-order chi connectivity index (χ1) is 9.22. The third kappa shape index (κ3) is 3.04. The quantitative estimate of drug-likeness (QED) is 0.597. The number of Topliss-reactive ketones (excluding diaryl/α,β-unsaturated/α-hetero) is 1. The van der Waals surface area contributed by atoms with Crippen LogP contribution < -0.4 is 0 Å². The summed E-state index contributed by atoms with van der Waals surface area (Å²) in [5.74, 6) is -0.665. The first-order valence-corrected chi connectivity index (χ1v) is 5.72. The average molecular weight is 259 g/mol. The predicted octanol–water partition coefficient (Wildman–Crippen LogP) is 1.27. The van der Waals surface area contributed by atoms with Crippen molar-refractivity contribution in [3.05, 3.63) is 48.5 Å². The maximum Gasteiger partial charge on any atom is 0.308 e. The van der Waals surface area contributed by atoms with Gasteiger partial charge in [0.2, 0.25) is 0 Å². The van der Waals surface area contributed by atoms with Gasteiger partial charge in [-0.2, -0.15) is 5.10 Å². The lowest BCUT2D eigenvalue weighted by Gasteiger charge is -2.14. The highest BCUT2D eigenvalue weighted by Crippen LogP contribution is 2.17. The van der Waals surface area contributed by atoms with Crippen LogP contribution in [-0.4, -0.2) is 33.6 Å². The summed E-state index contributed by atoms with van der Waals surface area (Å²) in [5.41, 5.74) is 0.520. The molecule has 0 aliphatic rings. The van der Waals surface area contributed by atoms with Crippen LogP contribution in [0.25, 0.3) is 0 Å². The molecule has 0 amide bonds. The van der Waals surface area contributed by atoms with E-state index in [1.165, 1.54) is 24.4 Å². The van der Waals surface area contributed by atoms with Gasteiger partial charge in [-0.1, -0.05) is 30.3 Å². The van der Waals surface area contributed by atoms with Crippen molar-refractivity contribution in [3.63, 3.8) is 0 Å². The van der Waals surface area contributed by atoms with Crippen LogP contribution in [0.3, 0.4) is 0 Å². The number of rotatable bonds is 5. The molecule has 0 saturated heterocycles. The van der Waals surface area contributed by atoms with Gasteiger partial charge in [-0.05, 0) is 0 Å². The minimum atomic E-state index is -0.739. The molecule has 0 aliphatic heterocycles. The standard InChI is InChI=1S/C13H13N3O3/c1-19-12(17)7-11(16-9-14-8-15-16)13(18)10-5-3-2-4-6-10/h2-6,8-9,11H,7H2,1H3. The molecule has 98 valence electrons. The van der Waals surface area contributed by atoms with Crippen molar-refractivity contribution >= 4 is 11.8 Å². The third-order valence-electron chi connectivity index (χ3n) is 2.70. The van der Waals surface area contributed by atoms with Crippen molar-refractivity contribution in [2.24, 2.45) is 0 Å². The van der Waals surface area contributed by atoms with E-state index in [1.54, 1.807) is 24.3 Å². The molecular weight excluding hydrogens is 246 g/mol. The van der Waals surface area contributed by atoms with Gasteiger partial charge in [0.05, 0.1) is 13.5 Å². The van der Waals surface area contributed by atoms with Crippen molar-refractivity contribution in [1.29, 1.82) is 0 Å². The minimum Gasteiger partial charge on any atom is -0.469 e. The molecule has 0 bridgehead atoms. The third-order valence-corrected chi connectivity index (χ3v) is 2.70. The number of esters is 1. The number of hydrogen-bond acceptors (Lipinski definition) is 5. The number of methoxy groups -OCH3 is 1. The molecule has 2 rings (SSSR count). The molecule has 1 unspecified atom stereocenters. The second-order valence-electron chi connectivity index (χ2n) is 3.90. The van der Waals surface area contributed by atoms with Crippen molar-refractivity contribution in [2.75, 3.05) is 7.11 Å². The fourth-order valence-electron chi connectivity index (χ4n) is 1.72.